The lowest BCUT2D eigenvalue weighted by molar-refractivity contribution is -0.163. The van der Waals surface area contributed by atoms with Crippen LogP contribution in [0.5, 0.6) is 0 Å². The normalized spacial score (nSPS) is 19.6. The Balaban J connectivity index is 0.000000686. The van der Waals surface area contributed by atoms with Gasteiger partial charge in [-0.1, -0.05) is 13.8 Å². The van der Waals surface area contributed by atoms with E-state index in [1.54, 1.807) is 0 Å². The number of nitrogens with zero attached hydrogens (tertiary/aromatic N) is 2. The quantitative estimate of drug-likeness (QED) is 0.812. The van der Waals surface area contributed by atoms with E-state index in [0.29, 0.717) is 6.61 Å². The minimum absolute atomic E-state index is 0.00964. The van der Waals surface area contributed by atoms with E-state index in [9.17, 15) is 0 Å². The molecule has 4 nitrogen and oxygen atoms in total. The molecule has 1 saturated heterocycles. The molecule has 1 fully saturated rings. The number of hydrogen-bond acceptors (Lipinski definition) is 3. The first-order valence-electron chi connectivity index (χ1n) is 6.57. The van der Waals surface area contributed by atoms with Gasteiger partial charge in [-0.05, 0) is 31.7 Å². The minimum atomic E-state index is 0.00964. The average molecular weight is 240 g/mol. The Morgan fingerprint density at radius 3 is 2.88 bits per heavy atom. The average Bonchev–Trinajstić information content (AvgIpc) is 2.79. The smallest absolute Gasteiger partial charge is 0.157 e. The van der Waals surface area contributed by atoms with Crippen molar-refractivity contribution >= 4 is 0 Å². The Labute approximate surface area is 104 Å². The summed E-state index contributed by atoms with van der Waals surface area (Å²) in [4.78, 5) is 0. The maximum absolute atomic E-state index is 5.61. The van der Waals surface area contributed by atoms with Crippen LogP contribution >= 0.6 is 0 Å². The molecule has 1 unspecified atom stereocenters. The molecule has 0 radical (unpaired) electrons. The Morgan fingerprint density at radius 1 is 1.47 bits per heavy atom. The van der Waals surface area contributed by atoms with Gasteiger partial charge in [-0.3, -0.25) is 4.68 Å². The molecule has 0 aliphatic carbocycles. The van der Waals surface area contributed by atoms with Crippen LogP contribution < -0.4 is 0 Å². The molecule has 4 heteroatoms. The van der Waals surface area contributed by atoms with Crippen LogP contribution in [0.3, 0.4) is 0 Å². The van der Waals surface area contributed by atoms with Crippen LogP contribution in [0.15, 0.2) is 12.4 Å². The predicted octanol–water partition coefficient (Wildman–Crippen LogP) is 2.76. The van der Waals surface area contributed by atoms with Crippen molar-refractivity contribution in [3.8, 4) is 0 Å². The molecule has 0 bridgehead atoms. The molecule has 98 valence electrons. The highest BCUT2D eigenvalue weighted by atomic mass is 16.7. The van der Waals surface area contributed by atoms with E-state index in [-0.39, 0.29) is 6.29 Å². The summed E-state index contributed by atoms with van der Waals surface area (Å²) in [5, 5.41) is 4.19. The van der Waals surface area contributed by atoms with Crippen LogP contribution in [0, 0.1) is 6.92 Å². The van der Waals surface area contributed by atoms with Crippen molar-refractivity contribution in [3.05, 3.63) is 18.0 Å². The lowest BCUT2D eigenvalue weighted by Crippen LogP contribution is -2.24. The first-order chi connectivity index (χ1) is 8.34. The van der Waals surface area contributed by atoms with E-state index in [1.165, 1.54) is 12.0 Å². The molecular weight excluding hydrogens is 216 g/mol. The third kappa shape index (κ3) is 5.33. The Kier molecular flexibility index (Phi) is 6.89. The van der Waals surface area contributed by atoms with Gasteiger partial charge in [-0.15, -0.1) is 0 Å². The summed E-state index contributed by atoms with van der Waals surface area (Å²) in [6, 6.07) is 0. The topological polar surface area (TPSA) is 36.3 Å². The van der Waals surface area contributed by atoms with E-state index < -0.39 is 0 Å². The summed E-state index contributed by atoms with van der Waals surface area (Å²) < 4.78 is 13.0. The summed E-state index contributed by atoms with van der Waals surface area (Å²) in [6.07, 6.45) is 7.29. The van der Waals surface area contributed by atoms with Gasteiger partial charge in [0, 0.05) is 12.8 Å². The Hall–Kier alpha value is -0.870. The van der Waals surface area contributed by atoms with Gasteiger partial charge in [0.1, 0.15) is 0 Å². The Bertz CT molecular complexity index is 293. The molecule has 1 aliphatic rings. The van der Waals surface area contributed by atoms with Crippen LogP contribution in [-0.2, 0) is 16.0 Å². The van der Waals surface area contributed by atoms with Crippen LogP contribution in [0.25, 0.3) is 0 Å². The summed E-state index contributed by atoms with van der Waals surface area (Å²) in [7, 11) is 0. The van der Waals surface area contributed by atoms with Gasteiger partial charge in [0.2, 0.25) is 0 Å². The highest BCUT2D eigenvalue weighted by Crippen LogP contribution is 2.13. The first kappa shape index (κ1) is 14.2. The van der Waals surface area contributed by atoms with Gasteiger partial charge in [0.25, 0.3) is 0 Å². The molecule has 1 aromatic heterocycles. The molecular formula is C13H24N2O2. The molecule has 0 saturated carbocycles. The number of aromatic nitrogens is 2. The molecule has 0 aromatic carbocycles. The minimum Gasteiger partial charge on any atom is -0.353 e. The zero-order valence-electron chi connectivity index (χ0n) is 11.2. The maximum Gasteiger partial charge on any atom is 0.157 e. The molecule has 0 amide bonds. The SMILES string of the molecule is CC.Cc1cnn(CCOC2CCCCO2)c1. The van der Waals surface area contributed by atoms with Gasteiger partial charge in [0.05, 0.1) is 19.3 Å². The third-order valence-electron chi connectivity index (χ3n) is 2.52. The van der Waals surface area contributed by atoms with E-state index in [2.05, 4.69) is 5.10 Å². The number of hydrogen-bond donors (Lipinski definition) is 0. The number of rotatable bonds is 4. The zero-order chi connectivity index (χ0) is 12.5. The van der Waals surface area contributed by atoms with Gasteiger partial charge < -0.3 is 9.47 Å². The Morgan fingerprint density at radius 2 is 2.29 bits per heavy atom. The van der Waals surface area contributed by atoms with Crippen molar-refractivity contribution in [2.45, 2.75) is 52.9 Å². The fourth-order valence-corrected chi connectivity index (χ4v) is 1.71. The van der Waals surface area contributed by atoms with Crippen molar-refractivity contribution < 1.29 is 9.47 Å². The lowest BCUT2D eigenvalue weighted by atomic mass is 10.2. The lowest BCUT2D eigenvalue weighted by Gasteiger charge is -2.22. The second-order valence-electron chi connectivity index (χ2n) is 3.95. The molecule has 0 N–H and O–H groups in total. The van der Waals surface area contributed by atoms with E-state index in [4.69, 9.17) is 9.47 Å². The van der Waals surface area contributed by atoms with Gasteiger partial charge in [-0.25, -0.2) is 0 Å². The highest BCUT2D eigenvalue weighted by molar-refractivity contribution is 4.99. The van der Waals surface area contributed by atoms with Gasteiger partial charge in [-0.2, -0.15) is 5.10 Å². The summed E-state index contributed by atoms with van der Waals surface area (Å²) in [5.41, 5.74) is 1.18. The van der Waals surface area contributed by atoms with Crippen LogP contribution in [0.1, 0.15) is 38.7 Å². The van der Waals surface area contributed by atoms with Crippen molar-refractivity contribution in [2.24, 2.45) is 0 Å². The van der Waals surface area contributed by atoms with E-state index >= 15 is 0 Å². The van der Waals surface area contributed by atoms with Crippen molar-refractivity contribution in [2.75, 3.05) is 13.2 Å². The maximum atomic E-state index is 5.61. The fraction of sp³-hybridized carbons (Fsp3) is 0.769. The highest BCUT2D eigenvalue weighted by Gasteiger charge is 2.13. The first-order valence-corrected chi connectivity index (χ1v) is 6.57. The van der Waals surface area contributed by atoms with Crippen LogP contribution in [0.2, 0.25) is 0 Å². The van der Waals surface area contributed by atoms with Crippen molar-refractivity contribution in [1.29, 1.82) is 0 Å². The molecule has 1 aromatic rings. The molecule has 1 atom stereocenters. The summed E-state index contributed by atoms with van der Waals surface area (Å²) >= 11 is 0. The van der Waals surface area contributed by atoms with Crippen molar-refractivity contribution in [1.82, 2.24) is 9.78 Å². The number of aryl methyl sites for hydroxylation is 1. The summed E-state index contributed by atoms with van der Waals surface area (Å²) in [6.45, 7) is 8.35. The standard InChI is InChI=1S/C11H18N2O2.C2H6/c1-10-8-12-13(9-10)5-7-15-11-4-2-3-6-14-11;1-2/h8-9,11H,2-7H2,1H3;1-2H3. The van der Waals surface area contributed by atoms with Crippen LogP contribution in [-0.4, -0.2) is 29.3 Å². The van der Waals surface area contributed by atoms with Gasteiger partial charge in [0.15, 0.2) is 6.29 Å². The van der Waals surface area contributed by atoms with Gasteiger partial charge >= 0.3 is 0 Å². The number of ether oxygens (including phenoxy) is 2. The molecule has 2 heterocycles. The third-order valence-corrected chi connectivity index (χ3v) is 2.52. The summed E-state index contributed by atoms with van der Waals surface area (Å²) in [5.74, 6) is 0. The molecule has 1 aliphatic heterocycles. The molecule has 0 spiro atoms. The molecule has 2 rings (SSSR count). The monoisotopic (exact) mass is 240 g/mol. The zero-order valence-corrected chi connectivity index (χ0v) is 11.2. The fourth-order valence-electron chi connectivity index (χ4n) is 1.71. The predicted molar refractivity (Wildman–Crippen MR) is 67.9 cm³/mol. The second-order valence-corrected chi connectivity index (χ2v) is 3.95. The van der Waals surface area contributed by atoms with Crippen LogP contribution in [0.4, 0.5) is 0 Å². The van der Waals surface area contributed by atoms with E-state index in [0.717, 1.165) is 26.0 Å². The van der Waals surface area contributed by atoms with Crippen molar-refractivity contribution in [3.63, 3.8) is 0 Å². The van der Waals surface area contributed by atoms with E-state index in [1.807, 2.05) is 37.8 Å². The largest absolute Gasteiger partial charge is 0.353 e. The molecule has 17 heavy (non-hydrogen) atoms. The second kappa shape index (κ2) is 8.25.